The molecule has 0 aliphatic rings. The Balaban J connectivity index is 2.21. The summed E-state index contributed by atoms with van der Waals surface area (Å²) in [6.07, 6.45) is 1.41. The SMILES string of the molecule is CCOC(=O)[C@@H](CO)Nc1ncnc2ccsc12. The predicted molar refractivity (Wildman–Crippen MR) is 68.5 cm³/mol. The van der Waals surface area contributed by atoms with Crippen LogP contribution in [0, 0.1) is 0 Å². The summed E-state index contributed by atoms with van der Waals surface area (Å²) in [7, 11) is 0. The molecule has 0 aromatic carbocycles. The minimum atomic E-state index is -0.815. The number of aliphatic hydroxyl groups is 1. The van der Waals surface area contributed by atoms with E-state index in [1.807, 2.05) is 11.4 Å². The van der Waals surface area contributed by atoms with Crippen molar-refractivity contribution >= 4 is 33.3 Å². The maximum atomic E-state index is 11.6. The zero-order chi connectivity index (χ0) is 13.0. The summed E-state index contributed by atoms with van der Waals surface area (Å²) >= 11 is 1.47. The van der Waals surface area contributed by atoms with Gasteiger partial charge in [-0.1, -0.05) is 0 Å². The lowest BCUT2D eigenvalue weighted by Gasteiger charge is -2.15. The van der Waals surface area contributed by atoms with Crippen LogP contribution in [0.3, 0.4) is 0 Å². The number of aromatic nitrogens is 2. The molecule has 0 aliphatic carbocycles. The molecule has 6 nitrogen and oxygen atoms in total. The van der Waals surface area contributed by atoms with Gasteiger partial charge in [-0.25, -0.2) is 14.8 Å². The van der Waals surface area contributed by atoms with Crippen LogP contribution in [0.4, 0.5) is 5.82 Å². The molecule has 0 radical (unpaired) electrons. The Labute approximate surface area is 108 Å². The lowest BCUT2D eigenvalue weighted by molar-refractivity contribution is -0.144. The van der Waals surface area contributed by atoms with Crippen molar-refractivity contribution in [2.45, 2.75) is 13.0 Å². The Hall–Kier alpha value is -1.73. The Bertz CT molecular complexity index is 543. The Morgan fingerprint density at radius 2 is 2.44 bits per heavy atom. The van der Waals surface area contributed by atoms with Crippen molar-refractivity contribution in [3.8, 4) is 0 Å². The third kappa shape index (κ3) is 2.57. The summed E-state index contributed by atoms with van der Waals surface area (Å²) in [5, 5.41) is 14.0. The highest BCUT2D eigenvalue weighted by atomic mass is 32.1. The number of carbonyl (C=O) groups excluding carboxylic acids is 1. The van der Waals surface area contributed by atoms with Gasteiger partial charge in [0.1, 0.15) is 18.2 Å². The number of aliphatic hydroxyl groups excluding tert-OH is 1. The predicted octanol–water partition coefficient (Wildman–Crippen LogP) is 1.03. The zero-order valence-corrected chi connectivity index (χ0v) is 10.6. The minimum Gasteiger partial charge on any atom is -0.464 e. The first-order valence-electron chi connectivity index (χ1n) is 5.48. The van der Waals surface area contributed by atoms with Crippen LogP contribution in [0.2, 0.25) is 0 Å². The summed E-state index contributed by atoms with van der Waals surface area (Å²) < 4.78 is 5.71. The van der Waals surface area contributed by atoms with Crippen LogP contribution in [0.25, 0.3) is 10.2 Å². The van der Waals surface area contributed by atoms with Gasteiger partial charge in [0.15, 0.2) is 0 Å². The molecule has 2 N–H and O–H groups in total. The van der Waals surface area contributed by atoms with E-state index in [2.05, 4.69) is 15.3 Å². The van der Waals surface area contributed by atoms with Crippen molar-refractivity contribution < 1.29 is 14.6 Å². The van der Waals surface area contributed by atoms with Crippen molar-refractivity contribution in [1.29, 1.82) is 0 Å². The van der Waals surface area contributed by atoms with Gasteiger partial charge in [-0.15, -0.1) is 11.3 Å². The van der Waals surface area contributed by atoms with Gasteiger partial charge in [-0.3, -0.25) is 0 Å². The monoisotopic (exact) mass is 267 g/mol. The molecule has 0 fully saturated rings. The van der Waals surface area contributed by atoms with Gasteiger partial charge >= 0.3 is 5.97 Å². The first-order valence-corrected chi connectivity index (χ1v) is 6.36. The molecule has 0 amide bonds. The third-order valence-electron chi connectivity index (χ3n) is 2.31. The highest BCUT2D eigenvalue weighted by Gasteiger charge is 2.20. The number of anilines is 1. The number of hydrogen-bond donors (Lipinski definition) is 2. The van der Waals surface area contributed by atoms with Crippen molar-refractivity contribution in [1.82, 2.24) is 9.97 Å². The van der Waals surface area contributed by atoms with Gasteiger partial charge in [0, 0.05) is 0 Å². The van der Waals surface area contributed by atoms with Crippen LogP contribution >= 0.6 is 11.3 Å². The molecule has 18 heavy (non-hydrogen) atoms. The molecule has 2 heterocycles. The summed E-state index contributed by atoms with van der Waals surface area (Å²) in [6, 6.07) is 1.05. The molecule has 2 aromatic heterocycles. The van der Waals surface area contributed by atoms with Crippen molar-refractivity contribution in [2.75, 3.05) is 18.5 Å². The van der Waals surface area contributed by atoms with Crippen molar-refractivity contribution in [2.24, 2.45) is 0 Å². The van der Waals surface area contributed by atoms with Crippen LogP contribution in [0.5, 0.6) is 0 Å². The number of carbonyl (C=O) groups is 1. The molecule has 7 heteroatoms. The highest BCUT2D eigenvalue weighted by Crippen LogP contribution is 2.25. The lowest BCUT2D eigenvalue weighted by Crippen LogP contribution is -2.35. The van der Waals surface area contributed by atoms with E-state index in [1.54, 1.807) is 6.92 Å². The molecule has 1 atom stereocenters. The molecule has 0 spiro atoms. The molecular formula is C11H13N3O3S. The van der Waals surface area contributed by atoms with Gasteiger partial charge in [-0.05, 0) is 18.4 Å². The van der Waals surface area contributed by atoms with E-state index in [0.29, 0.717) is 5.82 Å². The largest absolute Gasteiger partial charge is 0.464 e. The Kier molecular flexibility index (Phi) is 4.06. The van der Waals surface area contributed by atoms with Crippen LogP contribution in [0.15, 0.2) is 17.8 Å². The Morgan fingerprint density at radius 1 is 1.61 bits per heavy atom. The summed E-state index contributed by atoms with van der Waals surface area (Å²) in [5.74, 6) is 0.0328. The second-order valence-corrected chi connectivity index (χ2v) is 4.40. The lowest BCUT2D eigenvalue weighted by atomic mass is 10.3. The van der Waals surface area contributed by atoms with Crippen molar-refractivity contribution in [3.63, 3.8) is 0 Å². The fraction of sp³-hybridized carbons (Fsp3) is 0.364. The zero-order valence-electron chi connectivity index (χ0n) is 9.79. The maximum absolute atomic E-state index is 11.6. The quantitative estimate of drug-likeness (QED) is 0.787. The molecule has 2 aromatic rings. The molecule has 2 rings (SSSR count). The second kappa shape index (κ2) is 5.74. The van der Waals surface area contributed by atoms with Gasteiger partial charge < -0.3 is 15.2 Å². The van der Waals surface area contributed by atoms with E-state index in [1.165, 1.54) is 17.7 Å². The average molecular weight is 267 g/mol. The number of hydrogen-bond acceptors (Lipinski definition) is 7. The van der Waals surface area contributed by atoms with Crippen LogP contribution in [-0.4, -0.2) is 40.3 Å². The fourth-order valence-electron chi connectivity index (χ4n) is 1.48. The van der Waals surface area contributed by atoms with Gasteiger partial charge in [0.2, 0.25) is 0 Å². The number of nitrogens with zero attached hydrogens (tertiary/aromatic N) is 2. The van der Waals surface area contributed by atoms with Gasteiger partial charge in [0.25, 0.3) is 0 Å². The Morgan fingerprint density at radius 3 is 3.17 bits per heavy atom. The van der Waals surface area contributed by atoms with Gasteiger partial charge in [-0.2, -0.15) is 0 Å². The van der Waals surface area contributed by atoms with E-state index < -0.39 is 12.0 Å². The highest BCUT2D eigenvalue weighted by molar-refractivity contribution is 7.17. The van der Waals surface area contributed by atoms with Crippen LogP contribution in [-0.2, 0) is 9.53 Å². The molecule has 0 unspecified atom stereocenters. The normalized spacial score (nSPS) is 12.3. The molecule has 0 aliphatic heterocycles. The number of esters is 1. The van der Waals surface area contributed by atoms with Crippen LogP contribution < -0.4 is 5.32 Å². The number of ether oxygens (including phenoxy) is 1. The van der Waals surface area contributed by atoms with E-state index >= 15 is 0 Å². The molecule has 0 saturated heterocycles. The summed E-state index contributed by atoms with van der Waals surface area (Å²) in [6.45, 7) is 1.64. The van der Waals surface area contributed by atoms with E-state index in [4.69, 9.17) is 4.74 Å². The first-order chi connectivity index (χ1) is 8.76. The number of rotatable bonds is 5. The second-order valence-electron chi connectivity index (χ2n) is 3.49. The molecule has 0 saturated carbocycles. The fourth-order valence-corrected chi connectivity index (χ4v) is 2.28. The van der Waals surface area contributed by atoms with Crippen molar-refractivity contribution in [3.05, 3.63) is 17.8 Å². The smallest absolute Gasteiger partial charge is 0.331 e. The summed E-state index contributed by atoms with van der Waals surface area (Å²) in [5.41, 5.74) is 0.804. The van der Waals surface area contributed by atoms with E-state index in [9.17, 15) is 9.90 Å². The average Bonchev–Trinajstić information content (AvgIpc) is 2.85. The topological polar surface area (TPSA) is 84.3 Å². The maximum Gasteiger partial charge on any atom is 0.331 e. The summed E-state index contributed by atoms with van der Waals surface area (Å²) in [4.78, 5) is 19.7. The van der Waals surface area contributed by atoms with E-state index in [0.717, 1.165) is 10.2 Å². The van der Waals surface area contributed by atoms with Crippen LogP contribution in [0.1, 0.15) is 6.92 Å². The number of fused-ring (bicyclic) bond motifs is 1. The molecular weight excluding hydrogens is 254 g/mol. The third-order valence-corrected chi connectivity index (χ3v) is 3.22. The molecule has 96 valence electrons. The molecule has 0 bridgehead atoms. The number of thiophene rings is 1. The van der Waals surface area contributed by atoms with Gasteiger partial charge in [0.05, 0.1) is 23.4 Å². The minimum absolute atomic E-state index is 0.273. The first kappa shape index (κ1) is 12.7. The number of nitrogens with one attached hydrogen (secondary N) is 1. The standard InChI is InChI=1S/C11H13N3O3S/c1-2-17-11(16)8(5-15)14-10-9-7(3-4-18-9)12-6-13-10/h3-4,6,8,15H,2,5H2,1H3,(H,12,13,14)/t8-/m1/s1. The van der Waals surface area contributed by atoms with E-state index in [-0.39, 0.29) is 13.2 Å².